The van der Waals surface area contributed by atoms with Crippen LogP contribution >= 0.6 is 12.2 Å². The van der Waals surface area contributed by atoms with Crippen molar-refractivity contribution < 1.29 is 13.5 Å². The molecule has 0 aromatic heterocycles. The highest BCUT2D eigenvalue weighted by atomic mass is 32.1. The van der Waals surface area contributed by atoms with E-state index in [1.54, 1.807) is 0 Å². The minimum absolute atomic E-state index is 0.130. The lowest BCUT2D eigenvalue weighted by Gasteiger charge is -2.11. The van der Waals surface area contributed by atoms with Crippen molar-refractivity contribution in [3.63, 3.8) is 0 Å². The van der Waals surface area contributed by atoms with Crippen molar-refractivity contribution in [3.8, 4) is 5.75 Å². The number of hydrogen-bond acceptors (Lipinski definition) is 2. The highest BCUT2D eigenvalue weighted by molar-refractivity contribution is 7.80. The number of nitrogens with one attached hydrogen (secondary N) is 2. The van der Waals surface area contributed by atoms with Gasteiger partial charge in [-0.05, 0) is 49.0 Å². The molecule has 116 valence electrons. The second-order valence-electron chi connectivity index (χ2n) is 4.51. The monoisotopic (exact) mass is 322 g/mol. The first-order valence-corrected chi connectivity index (χ1v) is 7.21. The molecule has 0 saturated heterocycles. The van der Waals surface area contributed by atoms with Gasteiger partial charge >= 0.3 is 0 Å². The summed E-state index contributed by atoms with van der Waals surface area (Å²) in [6, 6.07) is 10.8. The zero-order chi connectivity index (χ0) is 15.9. The van der Waals surface area contributed by atoms with Gasteiger partial charge in [-0.1, -0.05) is 12.1 Å². The number of ether oxygens (including phenoxy) is 1. The third kappa shape index (κ3) is 4.66. The van der Waals surface area contributed by atoms with E-state index in [1.807, 2.05) is 31.2 Å². The standard InChI is InChI=1S/C16H16F2N2OS/c1-2-21-13-6-3-11(4-7-13)10-19-16(22)20-15-8-5-12(17)9-14(15)18/h3-9H,2,10H2,1H3,(H2,19,20,22). The van der Waals surface area contributed by atoms with E-state index < -0.39 is 11.6 Å². The van der Waals surface area contributed by atoms with Gasteiger partial charge in [0.25, 0.3) is 0 Å². The van der Waals surface area contributed by atoms with Crippen molar-refractivity contribution in [3.05, 3.63) is 59.7 Å². The highest BCUT2D eigenvalue weighted by Crippen LogP contribution is 2.15. The summed E-state index contributed by atoms with van der Waals surface area (Å²) in [5.74, 6) is -0.512. The molecular formula is C16H16F2N2OS. The number of hydrogen-bond donors (Lipinski definition) is 2. The number of thiocarbonyl (C=S) groups is 1. The lowest BCUT2D eigenvalue weighted by molar-refractivity contribution is 0.340. The molecule has 0 atom stereocenters. The Labute approximate surface area is 133 Å². The van der Waals surface area contributed by atoms with Gasteiger partial charge in [0.15, 0.2) is 5.11 Å². The van der Waals surface area contributed by atoms with E-state index in [4.69, 9.17) is 17.0 Å². The molecule has 0 bridgehead atoms. The maximum absolute atomic E-state index is 13.5. The summed E-state index contributed by atoms with van der Waals surface area (Å²) in [5.41, 5.74) is 1.14. The van der Waals surface area contributed by atoms with Crippen LogP contribution in [0.25, 0.3) is 0 Å². The number of anilines is 1. The van der Waals surface area contributed by atoms with Gasteiger partial charge in [0.1, 0.15) is 17.4 Å². The number of rotatable bonds is 5. The third-order valence-electron chi connectivity index (χ3n) is 2.87. The molecule has 0 spiro atoms. The maximum atomic E-state index is 13.5. The lowest BCUT2D eigenvalue weighted by Crippen LogP contribution is -2.28. The fraction of sp³-hybridized carbons (Fsp3) is 0.188. The topological polar surface area (TPSA) is 33.3 Å². The van der Waals surface area contributed by atoms with Gasteiger partial charge in [-0.25, -0.2) is 8.78 Å². The van der Waals surface area contributed by atoms with Crippen molar-refractivity contribution in [1.29, 1.82) is 0 Å². The van der Waals surface area contributed by atoms with Crippen molar-refractivity contribution in [1.82, 2.24) is 5.32 Å². The minimum atomic E-state index is -0.690. The Bertz CT molecular complexity index is 647. The van der Waals surface area contributed by atoms with Crippen LogP contribution in [0.4, 0.5) is 14.5 Å². The summed E-state index contributed by atoms with van der Waals surface area (Å²) in [5, 5.41) is 5.92. The van der Waals surface area contributed by atoms with E-state index in [-0.39, 0.29) is 10.8 Å². The second-order valence-corrected chi connectivity index (χ2v) is 4.92. The molecule has 0 saturated carbocycles. The van der Waals surface area contributed by atoms with Gasteiger partial charge < -0.3 is 15.4 Å². The average molecular weight is 322 g/mol. The van der Waals surface area contributed by atoms with E-state index in [1.165, 1.54) is 12.1 Å². The fourth-order valence-electron chi connectivity index (χ4n) is 1.81. The van der Waals surface area contributed by atoms with Crippen molar-refractivity contribution in [2.24, 2.45) is 0 Å². The zero-order valence-corrected chi connectivity index (χ0v) is 12.8. The predicted molar refractivity (Wildman–Crippen MR) is 87.0 cm³/mol. The molecule has 0 radical (unpaired) electrons. The molecule has 0 unspecified atom stereocenters. The van der Waals surface area contributed by atoms with E-state index in [9.17, 15) is 8.78 Å². The van der Waals surface area contributed by atoms with Crippen molar-refractivity contribution >= 4 is 23.0 Å². The Morgan fingerprint density at radius 2 is 1.86 bits per heavy atom. The quantitative estimate of drug-likeness (QED) is 0.819. The zero-order valence-electron chi connectivity index (χ0n) is 12.0. The molecule has 2 N–H and O–H groups in total. The van der Waals surface area contributed by atoms with E-state index in [0.717, 1.165) is 17.4 Å². The first-order valence-electron chi connectivity index (χ1n) is 6.80. The number of benzene rings is 2. The summed E-state index contributed by atoms with van der Waals surface area (Å²) in [6.07, 6.45) is 0. The van der Waals surface area contributed by atoms with Gasteiger partial charge in [-0.3, -0.25) is 0 Å². The molecule has 2 aromatic carbocycles. The Morgan fingerprint density at radius 1 is 1.14 bits per heavy atom. The van der Waals surface area contributed by atoms with Gasteiger partial charge in [-0.15, -0.1) is 0 Å². The summed E-state index contributed by atoms with van der Waals surface area (Å²) < 4.78 is 31.7. The Hall–Kier alpha value is -2.21. The fourth-order valence-corrected chi connectivity index (χ4v) is 1.99. The van der Waals surface area contributed by atoms with Crippen LogP contribution in [0.5, 0.6) is 5.75 Å². The Kier molecular flexibility index (Phi) is 5.66. The molecule has 0 aliphatic heterocycles. The van der Waals surface area contributed by atoms with Crippen LogP contribution in [0.1, 0.15) is 12.5 Å². The highest BCUT2D eigenvalue weighted by Gasteiger charge is 2.05. The van der Waals surface area contributed by atoms with E-state index in [2.05, 4.69) is 10.6 Å². The largest absolute Gasteiger partial charge is 0.494 e. The molecule has 2 aromatic rings. The molecule has 0 aliphatic carbocycles. The van der Waals surface area contributed by atoms with Crippen LogP contribution in [0, 0.1) is 11.6 Å². The molecule has 0 fully saturated rings. The molecule has 0 aliphatic rings. The predicted octanol–water partition coefficient (Wildman–Crippen LogP) is 3.85. The molecule has 0 heterocycles. The summed E-state index contributed by atoms with van der Waals surface area (Å²) >= 11 is 5.09. The molecule has 6 heteroatoms. The van der Waals surface area contributed by atoms with Crippen LogP contribution in [0.15, 0.2) is 42.5 Å². The second kappa shape index (κ2) is 7.70. The van der Waals surface area contributed by atoms with Crippen molar-refractivity contribution in [2.45, 2.75) is 13.5 Å². The normalized spacial score (nSPS) is 10.1. The lowest BCUT2D eigenvalue weighted by atomic mass is 10.2. The molecule has 3 nitrogen and oxygen atoms in total. The van der Waals surface area contributed by atoms with E-state index in [0.29, 0.717) is 13.2 Å². The third-order valence-corrected chi connectivity index (χ3v) is 3.11. The molecular weight excluding hydrogens is 306 g/mol. The smallest absolute Gasteiger partial charge is 0.171 e. The number of halogens is 2. The van der Waals surface area contributed by atoms with Gasteiger partial charge in [0.2, 0.25) is 0 Å². The summed E-state index contributed by atoms with van der Waals surface area (Å²) in [4.78, 5) is 0. The van der Waals surface area contributed by atoms with Crippen LogP contribution in [-0.2, 0) is 6.54 Å². The Balaban J connectivity index is 1.87. The summed E-state index contributed by atoms with van der Waals surface area (Å²) in [7, 11) is 0. The minimum Gasteiger partial charge on any atom is -0.494 e. The molecule has 0 amide bonds. The Morgan fingerprint density at radius 3 is 2.50 bits per heavy atom. The van der Waals surface area contributed by atoms with Crippen LogP contribution in [-0.4, -0.2) is 11.7 Å². The van der Waals surface area contributed by atoms with Crippen LogP contribution < -0.4 is 15.4 Å². The molecule has 22 heavy (non-hydrogen) atoms. The SMILES string of the molecule is CCOc1ccc(CNC(=S)Nc2ccc(F)cc2F)cc1. The van der Waals surface area contributed by atoms with E-state index >= 15 is 0 Å². The van der Waals surface area contributed by atoms with Crippen LogP contribution in [0.2, 0.25) is 0 Å². The first kappa shape index (κ1) is 16.2. The first-order chi connectivity index (χ1) is 10.6. The van der Waals surface area contributed by atoms with Gasteiger partial charge in [0.05, 0.1) is 12.3 Å². The van der Waals surface area contributed by atoms with Gasteiger partial charge in [-0.2, -0.15) is 0 Å². The summed E-state index contributed by atoms with van der Waals surface area (Å²) in [6.45, 7) is 3.03. The molecule has 2 rings (SSSR count). The van der Waals surface area contributed by atoms with Gasteiger partial charge in [0, 0.05) is 12.6 Å². The average Bonchev–Trinajstić information content (AvgIpc) is 2.50. The van der Waals surface area contributed by atoms with Crippen LogP contribution in [0.3, 0.4) is 0 Å². The maximum Gasteiger partial charge on any atom is 0.171 e. The van der Waals surface area contributed by atoms with Crippen molar-refractivity contribution in [2.75, 3.05) is 11.9 Å².